The molecule has 0 radical (unpaired) electrons. The number of amides is 2. The molecule has 0 aromatic carbocycles. The minimum atomic E-state index is -0.528. The summed E-state index contributed by atoms with van der Waals surface area (Å²) in [6.07, 6.45) is 54.2. The van der Waals surface area contributed by atoms with E-state index in [1.54, 1.807) is 0 Å². The first-order valence-corrected chi connectivity index (χ1v) is 39.0. The van der Waals surface area contributed by atoms with Gasteiger partial charge in [0.05, 0.1) is 0 Å². The maximum atomic E-state index is 13.6. The number of thioether (sulfide) groups is 2. The summed E-state index contributed by atoms with van der Waals surface area (Å²) in [5.74, 6) is -0.751. The number of carbonyl (C=O) groups is 6. The number of rotatable bonds is 65. The van der Waals surface area contributed by atoms with Crippen molar-refractivity contribution in [3.8, 4) is 0 Å². The van der Waals surface area contributed by atoms with Crippen LogP contribution in [-0.2, 0) is 38.1 Å². The van der Waals surface area contributed by atoms with E-state index < -0.39 is 23.9 Å². The van der Waals surface area contributed by atoms with Gasteiger partial charge in [0, 0.05) is 11.5 Å². The molecule has 16 heteroatoms. The molecule has 0 rings (SSSR count). The van der Waals surface area contributed by atoms with Crippen molar-refractivity contribution in [2.24, 2.45) is 0 Å². The number of hydrogen-bond acceptors (Lipinski definition) is 14. The zero-order valence-electron chi connectivity index (χ0n) is 59.3. The maximum Gasteiger partial charge on any atom is 0.326 e. The van der Waals surface area contributed by atoms with E-state index in [1.807, 2.05) is 32.3 Å². The average Bonchev–Trinajstić information content (AvgIpc) is 3.73. The number of allylic oxidation sites excluding steroid dienone is 2. The van der Waals surface area contributed by atoms with Crippen molar-refractivity contribution in [1.82, 2.24) is 19.6 Å². The van der Waals surface area contributed by atoms with Crippen LogP contribution in [-0.4, -0.2) is 157 Å². The third-order valence-corrected chi connectivity index (χ3v) is 18.6. The van der Waals surface area contributed by atoms with Crippen LogP contribution in [0, 0.1) is 0 Å². The minimum absolute atomic E-state index is 0.135. The maximum absolute atomic E-state index is 13.6. The summed E-state index contributed by atoms with van der Waals surface area (Å²) in [6, 6.07) is 0. The fourth-order valence-corrected chi connectivity index (χ4v) is 12.5. The molecule has 0 aromatic rings. The topological polar surface area (TPSA) is 152 Å². The standard InChI is InChI=1S/C74H138N4O10S2/c1-9-15-19-23-37-43-49-59-85-70(80)64-78(74(84)90-62-52-58-76(13-5)14-6)66-72(82)88-68(55-47-41-26-22-18-12-4)56-48-42-36-34-32-30-28-27-29-31-33-35-38-44-50-60-86-69(79)63-77(73(83)89-61-51-57-75(7)8)65-71(81)87-67(53-45-39-24-20-16-10-2)54-46-40-25-21-17-11-3/h43-44,49-50,67-68H,9-42,45-48,51-66H2,1-8H3/b49-43-,50-44-. The first-order valence-electron chi connectivity index (χ1n) is 37.0. The van der Waals surface area contributed by atoms with Gasteiger partial charge in [-0.25, -0.2) is 0 Å². The molecule has 0 spiro atoms. The molecular formula is C74H138N4O10S2. The largest absolute Gasteiger partial charge is 0.461 e. The highest BCUT2D eigenvalue weighted by molar-refractivity contribution is 8.13. The van der Waals surface area contributed by atoms with Crippen molar-refractivity contribution in [2.75, 3.05) is 91.2 Å². The highest BCUT2D eigenvalue weighted by Crippen LogP contribution is 2.22. The minimum Gasteiger partial charge on any atom is -0.461 e. The first-order chi connectivity index (χ1) is 43.8. The summed E-state index contributed by atoms with van der Waals surface area (Å²) in [7, 11) is 4.00. The highest BCUT2D eigenvalue weighted by Gasteiger charge is 2.26. The van der Waals surface area contributed by atoms with E-state index >= 15 is 0 Å². The Balaban J connectivity index is 4.93. The van der Waals surface area contributed by atoms with E-state index in [1.165, 1.54) is 157 Å². The molecule has 0 aliphatic rings. The number of hydrogen-bond donors (Lipinski definition) is 0. The molecule has 90 heavy (non-hydrogen) atoms. The van der Waals surface area contributed by atoms with Crippen LogP contribution in [0.1, 0.15) is 311 Å². The van der Waals surface area contributed by atoms with Crippen LogP contribution in [0.2, 0.25) is 0 Å². The predicted octanol–water partition coefficient (Wildman–Crippen LogP) is 19.7. The third-order valence-electron chi connectivity index (χ3n) is 16.6. The van der Waals surface area contributed by atoms with Gasteiger partial charge in [0.2, 0.25) is 0 Å². The number of nitrogens with zero attached hydrogens (tertiary/aromatic N) is 4. The molecule has 0 aromatic heterocycles. The molecule has 0 fully saturated rings. The quantitative estimate of drug-likeness (QED) is 0.0246. The number of unbranched alkanes of at least 4 members (excludes halogenated alkanes) is 31. The van der Waals surface area contributed by atoms with Gasteiger partial charge in [0.15, 0.2) is 0 Å². The van der Waals surface area contributed by atoms with Gasteiger partial charge < -0.3 is 38.5 Å². The fraction of sp³-hybridized carbons (Fsp3) is 0.865. The summed E-state index contributed by atoms with van der Waals surface area (Å²) in [5.41, 5.74) is 0. The van der Waals surface area contributed by atoms with Crippen molar-refractivity contribution in [3.63, 3.8) is 0 Å². The molecule has 1 unspecified atom stereocenters. The van der Waals surface area contributed by atoms with Gasteiger partial charge in [-0.1, -0.05) is 269 Å². The highest BCUT2D eigenvalue weighted by atomic mass is 32.2. The first kappa shape index (κ1) is 86.9. The third kappa shape index (κ3) is 57.6. The molecular weight excluding hydrogens is 1170 g/mol. The van der Waals surface area contributed by atoms with Gasteiger partial charge in [-0.2, -0.15) is 0 Å². The monoisotopic (exact) mass is 1310 g/mol. The Kier molecular flexibility index (Phi) is 63.7. The summed E-state index contributed by atoms with van der Waals surface area (Å²) in [5, 5.41) is -0.596. The van der Waals surface area contributed by atoms with Gasteiger partial charge >= 0.3 is 23.9 Å². The van der Waals surface area contributed by atoms with Crippen molar-refractivity contribution in [1.29, 1.82) is 0 Å². The summed E-state index contributed by atoms with van der Waals surface area (Å²) in [6.45, 7) is 16.0. The second kappa shape index (κ2) is 66.0. The summed E-state index contributed by atoms with van der Waals surface area (Å²) in [4.78, 5) is 87.0. The molecule has 0 heterocycles. The average molecular weight is 1310 g/mol. The summed E-state index contributed by atoms with van der Waals surface area (Å²) < 4.78 is 23.2. The van der Waals surface area contributed by atoms with Crippen molar-refractivity contribution < 1.29 is 47.7 Å². The van der Waals surface area contributed by atoms with E-state index in [4.69, 9.17) is 18.9 Å². The molecule has 0 saturated heterocycles. The van der Waals surface area contributed by atoms with E-state index in [-0.39, 0.29) is 62.1 Å². The summed E-state index contributed by atoms with van der Waals surface area (Å²) >= 11 is 2.30. The van der Waals surface area contributed by atoms with Crippen LogP contribution in [0.4, 0.5) is 9.59 Å². The van der Waals surface area contributed by atoms with Gasteiger partial charge in [-0.3, -0.25) is 28.8 Å². The van der Waals surface area contributed by atoms with Crippen LogP contribution in [0.15, 0.2) is 24.3 Å². The van der Waals surface area contributed by atoms with Crippen LogP contribution in [0.5, 0.6) is 0 Å². The number of esters is 4. The van der Waals surface area contributed by atoms with Gasteiger partial charge in [-0.15, -0.1) is 0 Å². The van der Waals surface area contributed by atoms with E-state index in [0.29, 0.717) is 11.5 Å². The lowest BCUT2D eigenvalue weighted by Gasteiger charge is -2.23. The Morgan fingerprint density at radius 2 is 0.633 bits per heavy atom. The Hall–Kier alpha value is -3.08. The Morgan fingerprint density at radius 3 is 0.956 bits per heavy atom. The van der Waals surface area contributed by atoms with Crippen LogP contribution in [0.25, 0.3) is 0 Å². The van der Waals surface area contributed by atoms with Gasteiger partial charge in [0.1, 0.15) is 51.6 Å². The lowest BCUT2D eigenvalue weighted by Crippen LogP contribution is -2.39. The molecule has 2 amide bonds. The molecule has 0 aliphatic carbocycles. The fourth-order valence-electron chi connectivity index (χ4n) is 11.0. The molecule has 14 nitrogen and oxygen atoms in total. The Bertz CT molecular complexity index is 1750. The molecule has 0 saturated carbocycles. The van der Waals surface area contributed by atoms with Crippen molar-refractivity contribution >= 4 is 57.9 Å². The smallest absolute Gasteiger partial charge is 0.326 e. The van der Waals surface area contributed by atoms with E-state index in [9.17, 15) is 28.8 Å². The Morgan fingerprint density at radius 1 is 0.344 bits per heavy atom. The molecule has 526 valence electrons. The number of carbonyl (C=O) groups excluding carboxylic acids is 6. The van der Waals surface area contributed by atoms with E-state index in [2.05, 4.69) is 57.4 Å². The van der Waals surface area contributed by atoms with Crippen LogP contribution in [0.3, 0.4) is 0 Å². The Labute approximate surface area is 561 Å². The lowest BCUT2D eigenvalue weighted by molar-refractivity contribution is -0.153. The van der Waals surface area contributed by atoms with Crippen LogP contribution < -0.4 is 0 Å². The number of ether oxygens (including phenoxy) is 4. The molecule has 1 atom stereocenters. The molecule has 0 N–H and O–H groups in total. The second-order valence-corrected chi connectivity index (χ2v) is 27.4. The lowest BCUT2D eigenvalue weighted by atomic mass is 10.0. The predicted molar refractivity (Wildman–Crippen MR) is 382 cm³/mol. The molecule has 0 bridgehead atoms. The van der Waals surface area contributed by atoms with E-state index in [0.717, 1.165) is 172 Å². The van der Waals surface area contributed by atoms with Crippen molar-refractivity contribution in [3.05, 3.63) is 24.3 Å². The zero-order chi connectivity index (χ0) is 66.2. The van der Waals surface area contributed by atoms with Crippen LogP contribution >= 0.6 is 23.5 Å². The normalized spacial score (nSPS) is 12.0. The molecule has 0 aliphatic heterocycles. The van der Waals surface area contributed by atoms with Crippen molar-refractivity contribution in [2.45, 2.75) is 323 Å². The second-order valence-electron chi connectivity index (χ2n) is 25.3. The SMILES string of the molecule is CCCCCC/C=C\COC(=O)CN(CC(=O)OC(CCCCCCCC)CCCCCCCCCCCCCC/C=C\COC(=O)CN(CC(=O)OC(CCCCCCCC)CCCCCCCC)C(=O)SCCCN(C)C)C(=O)SCCCN(CC)CC. The van der Waals surface area contributed by atoms with Gasteiger partial charge in [-0.05, 0) is 130 Å². The zero-order valence-corrected chi connectivity index (χ0v) is 61.0. The van der Waals surface area contributed by atoms with Gasteiger partial charge in [0.25, 0.3) is 10.5 Å².